The van der Waals surface area contributed by atoms with E-state index in [2.05, 4.69) is 4.98 Å². The molecule has 0 saturated heterocycles. The van der Waals surface area contributed by atoms with Gasteiger partial charge >= 0.3 is 0 Å². The van der Waals surface area contributed by atoms with Gasteiger partial charge in [-0.05, 0) is 12.2 Å². The maximum absolute atomic E-state index is 11.2. The van der Waals surface area contributed by atoms with E-state index >= 15 is 0 Å². The second kappa shape index (κ2) is 2.82. The first-order chi connectivity index (χ1) is 6.27. The molecular formula is C9H5NO3. The van der Waals surface area contributed by atoms with Crippen LogP contribution >= 0.6 is 0 Å². The zero-order valence-electron chi connectivity index (χ0n) is 6.56. The Labute approximate surface area is 73.6 Å². The molecule has 0 unspecified atom stereocenters. The Balaban J connectivity index is 2.44. The van der Waals surface area contributed by atoms with E-state index in [9.17, 15) is 9.59 Å². The van der Waals surface area contributed by atoms with Gasteiger partial charge in [0.05, 0.1) is 11.8 Å². The standard InChI is InChI=1S/C9H5NO3/c11-6-1-2-8(12)7(3-6)9-4-10-5-13-9/h1-5H. The van der Waals surface area contributed by atoms with Crippen LogP contribution in [0.15, 0.2) is 35.2 Å². The minimum absolute atomic E-state index is 0.217. The number of nitrogens with zero attached hydrogens (tertiary/aromatic N) is 1. The molecule has 13 heavy (non-hydrogen) atoms. The molecule has 1 heterocycles. The van der Waals surface area contributed by atoms with Gasteiger partial charge in [-0.1, -0.05) is 0 Å². The van der Waals surface area contributed by atoms with Crippen molar-refractivity contribution in [2.75, 3.05) is 0 Å². The van der Waals surface area contributed by atoms with Crippen molar-refractivity contribution >= 4 is 17.1 Å². The van der Waals surface area contributed by atoms with Crippen LogP contribution in [0.3, 0.4) is 0 Å². The lowest BCUT2D eigenvalue weighted by Crippen LogP contribution is -2.05. The first kappa shape index (κ1) is 7.67. The van der Waals surface area contributed by atoms with Crippen molar-refractivity contribution in [1.29, 1.82) is 0 Å². The Morgan fingerprint density at radius 2 is 2.08 bits per heavy atom. The highest BCUT2D eigenvalue weighted by atomic mass is 16.3. The second-order valence-electron chi connectivity index (χ2n) is 2.52. The number of carbonyl (C=O) groups is 2. The fourth-order valence-corrected chi connectivity index (χ4v) is 1.05. The van der Waals surface area contributed by atoms with Crippen LogP contribution < -0.4 is 0 Å². The van der Waals surface area contributed by atoms with Gasteiger partial charge in [-0.3, -0.25) is 9.59 Å². The third-order valence-corrected chi connectivity index (χ3v) is 1.65. The first-order valence-corrected chi connectivity index (χ1v) is 3.64. The van der Waals surface area contributed by atoms with Crippen LogP contribution in [0.4, 0.5) is 0 Å². The Kier molecular flexibility index (Phi) is 1.66. The molecule has 0 aromatic carbocycles. The molecule has 0 aliphatic heterocycles. The molecule has 0 amide bonds. The number of hydrogen-bond donors (Lipinski definition) is 0. The van der Waals surface area contributed by atoms with Gasteiger partial charge in [-0.15, -0.1) is 0 Å². The van der Waals surface area contributed by atoms with Crippen LogP contribution in [0.2, 0.25) is 0 Å². The molecule has 1 aromatic heterocycles. The fourth-order valence-electron chi connectivity index (χ4n) is 1.05. The minimum atomic E-state index is -0.239. The fraction of sp³-hybridized carbons (Fsp3) is 0. The third kappa shape index (κ3) is 1.33. The quantitative estimate of drug-likeness (QED) is 0.591. The zero-order valence-corrected chi connectivity index (χ0v) is 6.56. The lowest BCUT2D eigenvalue weighted by Gasteiger charge is -2.01. The van der Waals surface area contributed by atoms with E-state index in [-0.39, 0.29) is 17.1 Å². The topological polar surface area (TPSA) is 60.2 Å². The molecule has 4 heteroatoms. The van der Waals surface area contributed by atoms with Crippen molar-refractivity contribution in [3.05, 3.63) is 36.6 Å². The highest BCUT2D eigenvalue weighted by molar-refractivity contribution is 6.33. The molecule has 0 saturated carbocycles. The van der Waals surface area contributed by atoms with Gasteiger partial charge in [-0.25, -0.2) is 4.98 Å². The zero-order chi connectivity index (χ0) is 9.26. The van der Waals surface area contributed by atoms with Crippen LogP contribution in [0.25, 0.3) is 5.57 Å². The number of aromatic nitrogens is 1. The van der Waals surface area contributed by atoms with Crippen LogP contribution in [0, 0.1) is 0 Å². The van der Waals surface area contributed by atoms with E-state index in [1.165, 1.54) is 30.8 Å². The average molecular weight is 175 g/mol. The van der Waals surface area contributed by atoms with Crippen molar-refractivity contribution in [2.24, 2.45) is 0 Å². The van der Waals surface area contributed by atoms with E-state index in [0.29, 0.717) is 5.76 Å². The molecular weight excluding hydrogens is 170 g/mol. The highest BCUT2D eigenvalue weighted by Crippen LogP contribution is 2.17. The molecule has 64 valence electrons. The molecule has 0 radical (unpaired) electrons. The van der Waals surface area contributed by atoms with Gasteiger partial charge in [0.25, 0.3) is 0 Å². The maximum Gasteiger partial charge on any atom is 0.189 e. The Morgan fingerprint density at radius 3 is 2.77 bits per heavy atom. The maximum atomic E-state index is 11.2. The van der Waals surface area contributed by atoms with E-state index in [1.807, 2.05) is 0 Å². The Bertz CT molecular complexity index is 412. The number of allylic oxidation sites excluding steroid dienone is 4. The van der Waals surface area contributed by atoms with Crippen LogP contribution in [0.1, 0.15) is 5.76 Å². The van der Waals surface area contributed by atoms with Gasteiger partial charge in [0, 0.05) is 6.08 Å². The molecule has 0 N–H and O–H groups in total. The average Bonchev–Trinajstić information content (AvgIpc) is 2.61. The number of carbonyl (C=O) groups excluding carboxylic acids is 2. The van der Waals surface area contributed by atoms with Crippen LogP contribution in [-0.4, -0.2) is 16.6 Å². The predicted octanol–water partition coefficient (Wildman–Crippen LogP) is 0.766. The number of hydrogen-bond acceptors (Lipinski definition) is 4. The molecule has 2 rings (SSSR count). The third-order valence-electron chi connectivity index (χ3n) is 1.65. The van der Waals surface area contributed by atoms with Gasteiger partial charge in [0.2, 0.25) is 0 Å². The van der Waals surface area contributed by atoms with Crippen molar-refractivity contribution in [3.8, 4) is 0 Å². The largest absolute Gasteiger partial charge is 0.443 e. The van der Waals surface area contributed by atoms with E-state index in [0.717, 1.165) is 0 Å². The van der Waals surface area contributed by atoms with Crippen LogP contribution in [0.5, 0.6) is 0 Å². The second-order valence-corrected chi connectivity index (χ2v) is 2.52. The Morgan fingerprint density at radius 1 is 1.23 bits per heavy atom. The van der Waals surface area contributed by atoms with Gasteiger partial charge in [0.1, 0.15) is 0 Å². The summed E-state index contributed by atoms with van der Waals surface area (Å²) in [6.07, 6.45) is 6.30. The first-order valence-electron chi connectivity index (χ1n) is 3.64. The predicted molar refractivity (Wildman–Crippen MR) is 43.6 cm³/mol. The van der Waals surface area contributed by atoms with E-state index < -0.39 is 0 Å². The molecule has 1 aliphatic rings. The summed E-state index contributed by atoms with van der Waals surface area (Å²) in [4.78, 5) is 25.8. The lowest BCUT2D eigenvalue weighted by molar-refractivity contribution is -0.113. The van der Waals surface area contributed by atoms with Crippen LogP contribution in [-0.2, 0) is 9.59 Å². The van der Waals surface area contributed by atoms with E-state index in [4.69, 9.17) is 4.42 Å². The van der Waals surface area contributed by atoms with Gasteiger partial charge in [-0.2, -0.15) is 0 Å². The number of oxazole rings is 1. The molecule has 1 aromatic rings. The van der Waals surface area contributed by atoms with Crippen molar-refractivity contribution < 1.29 is 14.0 Å². The molecule has 0 atom stereocenters. The summed E-state index contributed by atoms with van der Waals surface area (Å²) in [5, 5.41) is 0. The molecule has 0 bridgehead atoms. The molecule has 1 aliphatic carbocycles. The summed E-state index contributed by atoms with van der Waals surface area (Å²) in [6.45, 7) is 0. The number of rotatable bonds is 1. The summed E-state index contributed by atoms with van der Waals surface area (Å²) in [7, 11) is 0. The monoisotopic (exact) mass is 175 g/mol. The summed E-state index contributed by atoms with van der Waals surface area (Å²) in [6, 6.07) is 0. The van der Waals surface area contributed by atoms with Gasteiger partial charge in [0.15, 0.2) is 23.7 Å². The summed E-state index contributed by atoms with van der Waals surface area (Å²) in [5.74, 6) is -0.134. The summed E-state index contributed by atoms with van der Waals surface area (Å²) >= 11 is 0. The highest BCUT2D eigenvalue weighted by Gasteiger charge is 2.17. The molecule has 4 nitrogen and oxygen atoms in total. The molecule has 0 spiro atoms. The van der Waals surface area contributed by atoms with Crippen molar-refractivity contribution in [1.82, 2.24) is 4.98 Å². The van der Waals surface area contributed by atoms with Gasteiger partial charge < -0.3 is 4.42 Å². The van der Waals surface area contributed by atoms with Crippen molar-refractivity contribution in [3.63, 3.8) is 0 Å². The normalized spacial score (nSPS) is 16.2. The summed E-state index contributed by atoms with van der Waals surface area (Å²) < 4.78 is 4.91. The SMILES string of the molecule is O=C1C=CC(=O)C(c2cnco2)=C1. The smallest absolute Gasteiger partial charge is 0.189 e. The van der Waals surface area contributed by atoms with Crippen molar-refractivity contribution in [2.45, 2.75) is 0 Å². The lowest BCUT2D eigenvalue weighted by atomic mass is 10.0. The minimum Gasteiger partial charge on any atom is -0.443 e. The Hall–Kier alpha value is -1.97. The number of ketones is 2. The van der Waals surface area contributed by atoms with E-state index in [1.54, 1.807) is 0 Å². The summed E-state index contributed by atoms with van der Waals surface area (Å²) in [5.41, 5.74) is 0.255. The molecule has 0 fully saturated rings.